The van der Waals surface area contributed by atoms with Crippen LogP contribution in [0.5, 0.6) is 0 Å². The number of phosphoric ester groups is 2. The molecule has 0 fully saturated rings. The highest BCUT2D eigenvalue weighted by Crippen LogP contribution is 2.45. The number of phosphoric acid groups is 2. The Kier molecular flexibility index (Phi) is 77.5. The summed E-state index contributed by atoms with van der Waals surface area (Å²) < 4.78 is 61.3. The Morgan fingerprint density at radius 2 is 0.495 bits per heavy atom. The molecular formula is C89H152O16P2. The quantitative estimate of drug-likeness (QED) is 0.0146. The zero-order valence-electron chi connectivity index (χ0n) is 67.3. The zero-order chi connectivity index (χ0) is 78.0. The highest BCUT2D eigenvalue weighted by Gasteiger charge is 2.29. The predicted molar refractivity (Wildman–Crippen MR) is 445 cm³/mol. The molecule has 16 nitrogen and oxygen atoms in total. The molecule has 0 spiro atoms. The molecule has 0 heterocycles. The van der Waals surface area contributed by atoms with Crippen molar-refractivity contribution in [2.75, 3.05) is 39.6 Å². The maximum atomic E-state index is 13.0. The van der Waals surface area contributed by atoms with E-state index in [1.54, 1.807) is 0 Å². The van der Waals surface area contributed by atoms with Crippen LogP contribution >= 0.6 is 15.6 Å². The van der Waals surface area contributed by atoms with Gasteiger partial charge in [-0.25, -0.2) is 9.13 Å². The van der Waals surface area contributed by atoms with Crippen LogP contribution in [-0.4, -0.2) is 95.9 Å². The fourth-order valence-electron chi connectivity index (χ4n) is 11.1. The number of ether oxygens (including phenoxy) is 3. The molecule has 0 bridgehead atoms. The molecule has 0 saturated heterocycles. The standard InChI is InChI=1S/C89H152O16P2/c1-4-7-10-13-16-19-22-25-28-31-34-36-38-40-41-43-45-46-49-51-54-57-60-63-66-69-72-75-87(92)99-78-84(90)79-101-106(95,96)102-80-85(91)81-103-107(97,98)104-83-86(105-89(94)77-74-71-68-65-62-59-56-53-48-33-30-27-24-21-18-15-12-9-6-3)82-100-88(93)76-73-70-67-64-61-58-55-52-50-47-44-42-39-37-35-32-29-26-23-20-17-14-11-8-5-2/h8,11,16-21,25-30,34-37,40-42,44,48,53,84-86,90-91H,4-7,9-10,12-15,22-24,31-33,38-39,43,45-47,49-52,54-83H2,1-3H3,(H,95,96)(H,97,98)/b11-8-,19-16-,20-17-,21-18-,28-25-,29-26-,30-27-,36-34-,37-35-,41-40-,44-42-,53-48-. The molecule has 4 N–H and O–H groups in total. The smallest absolute Gasteiger partial charge is 0.463 e. The molecule has 0 aromatic rings. The third-order valence-electron chi connectivity index (χ3n) is 17.5. The molecule has 0 amide bonds. The maximum Gasteiger partial charge on any atom is 0.472 e. The summed E-state index contributed by atoms with van der Waals surface area (Å²) in [7, 11) is -9.81. The minimum absolute atomic E-state index is 0.0850. The van der Waals surface area contributed by atoms with Gasteiger partial charge in [-0.05, 0) is 148 Å². The number of unbranched alkanes of at least 4 members (excludes halogenated alkanes) is 32. The summed E-state index contributed by atoms with van der Waals surface area (Å²) in [6.07, 6.45) is 100. The van der Waals surface area contributed by atoms with Crippen LogP contribution in [0.3, 0.4) is 0 Å². The molecule has 0 aliphatic heterocycles. The monoisotopic (exact) mass is 1540 g/mol. The lowest BCUT2D eigenvalue weighted by atomic mass is 10.0. The third kappa shape index (κ3) is 82.2. The van der Waals surface area contributed by atoms with Crippen molar-refractivity contribution in [2.24, 2.45) is 0 Å². The summed E-state index contributed by atoms with van der Waals surface area (Å²) in [6, 6.07) is 0. The summed E-state index contributed by atoms with van der Waals surface area (Å²) in [6.45, 7) is 2.51. The Labute approximate surface area is 651 Å². The normalized spacial score (nSPS) is 14.6. The number of aliphatic hydroxyl groups is 2. The molecule has 107 heavy (non-hydrogen) atoms. The molecule has 0 aliphatic rings. The Morgan fingerprint density at radius 3 is 0.785 bits per heavy atom. The van der Waals surface area contributed by atoms with Crippen molar-refractivity contribution in [3.63, 3.8) is 0 Å². The summed E-state index contributed by atoms with van der Waals surface area (Å²) >= 11 is 0. The number of aliphatic hydroxyl groups excluding tert-OH is 2. The lowest BCUT2D eigenvalue weighted by Gasteiger charge is -2.21. The van der Waals surface area contributed by atoms with Gasteiger partial charge in [-0.3, -0.25) is 32.5 Å². The first kappa shape index (κ1) is 102. The van der Waals surface area contributed by atoms with Gasteiger partial charge in [0.1, 0.15) is 25.4 Å². The SMILES string of the molecule is CC/C=C\C/C=C\C/C=C\C/C=C\C/C=C\CCCCCCCCCCCC(=O)OCC(COP(=O)(O)OCC(O)COP(=O)(O)OCC(O)COC(=O)CCCCCCCCCCCCC/C=C\C/C=C\C/C=C\C/C=C\CCCCC)OC(=O)CCCCCCCC/C=C\C/C=C\C/C=C\CCCCC. The van der Waals surface area contributed by atoms with E-state index in [-0.39, 0.29) is 19.3 Å². The molecular weight excluding hydrogens is 1390 g/mol. The minimum atomic E-state index is -4.94. The van der Waals surface area contributed by atoms with Crippen LogP contribution in [0.1, 0.15) is 342 Å². The van der Waals surface area contributed by atoms with Crippen LogP contribution < -0.4 is 0 Å². The van der Waals surface area contributed by atoms with Crippen molar-refractivity contribution in [1.29, 1.82) is 0 Å². The van der Waals surface area contributed by atoms with Gasteiger partial charge in [0, 0.05) is 19.3 Å². The van der Waals surface area contributed by atoms with Gasteiger partial charge in [-0.2, -0.15) is 0 Å². The predicted octanol–water partition coefficient (Wildman–Crippen LogP) is 25.2. The second-order valence-corrected chi connectivity index (χ2v) is 30.8. The number of carbonyl (C=O) groups excluding carboxylic acids is 3. The van der Waals surface area contributed by atoms with Gasteiger partial charge in [-0.1, -0.05) is 321 Å². The van der Waals surface area contributed by atoms with Crippen molar-refractivity contribution in [2.45, 2.75) is 360 Å². The van der Waals surface area contributed by atoms with Gasteiger partial charge in [0.15, 0.2) is 6.10 Å². The van der Waals surface area contributed by atoms with Crippen molar-refractivity contribution in [3.05, 3.63) is 146 Å². The Bertz CT molecular complexity index is 2530. The van der Waals surface area contributed by atoms with E-state index in [0.717, 1.165) is 167 Å². The molecule has 0 radical (unpaired) electrons. The number of hydrogen-bond acceptors (Lipinski definition) is 14. The van der Waals surface area contributed by atoms with Crippen molar-refractivity contribution >= 4 is 33.6 Å². The largest absolute Gasteiger partial charge is 0.472 e. The van der Waals surface area contributed by atoms with E-state index in [1.807, 2.05) is 0 Å². The van der Waals surface area contributed by atoms with Gasteiger partial charge in [0.25, 0.3) is 0 Å². The molecule has 0 aromatic heterocycles. The number of hydrogen-bond donors (Lipinski definition) is 4. The van der Waals surface area contributed by atoms with E-state index in [0.29, 0.717) is 19.3 Å². The van der Waals surface area contributed by atoms with Crippen LogP contribution in [0, 0.1) is 0 Å². The Hall–Kier alpha value is -4.57. The van der Waals surface area contributed by atoms with Crippen LogP contribution in [0.2, 0.25) is 0 Å². The second kappa shape index (κ2) is 80.9. The molecule has 18 heteroatoms. The maximum absolute atomic E-state index is 13.0. The van der Waals surface area contributed by atoms with E-state index >= 15 is 0 Å². The number of carbonyl (C=O) groups is 3. The van der Waals surface area contributed by atoms with Gasteiger partial charge >= 0.3 is 33.6 Å². The van der Waals surface area contributed by atoms with E-state index < -0.39 is 91.5 Å². The van der Waals surface area contributed by atoms with E-state index in [9.17, 15) is 43.5 Å². The molecule has 0 saturated carbocycles. The van der Waals surface area contributed by atoms with Gasteiger partial charge in [0.2, 0.25) is 0 Å². The lowest BCUT2D eigenvalue weighted by Crippen LogP contribution is -2.30. The van der Waals surface area contributed by atoms with E-state index in [1.165, 1.54) is 116 Å². The molecule has 0 rings (SSSR count). The highest BCUT2D eigenvalue weighted by atomic mass is 31.2. The fourth-order valence-corrected chi connectivity index (χ4v) is 12.7. The first-order chi connectivity index (χ1) is 52.2. The first-order valence-corrected chi connectivity index (χ1v) is 45.1. The summed E-state index contributed by atoms with van der Waals surface area (Å²) in [4.78, 5) is 58.8. The third-order valence-corrected chi connectivity index (χ3v) is 19.4. The number of esters is 3. The zero-order valence-corrected chi connectivity index (χ0v) is 69.1. The summed E-state index contributed by atoms with van der Waals surface area (Å²) in [5, 5.41) is 20.7. The van der Waals surface area contributed by atoms with Gasteiger partial charge in [-0.15, -0.1) is 0 Å². The molecule has 0 aromatic carbocycles. The van der Waals surface area contributed by atoms with Gasteiger partial charge < -0.3 is 34.2 Å². The summed E-state index contributed by atoms with van der Waals surface area (Å²) in [5.74, 6) is -1.60. The van der Waals surface area contributed by atoms with Crippen LogP contribution in [0.4, 0.5) is 0 Å². The number of allylic oxidation sites excluding steroid dienone is 24. The van der Waals surface area contributed by atoms with Crippen molar-refractivity contribution in [3.8, 4) is 0 Å². The molecule has 614 valence electrons. The molecule has 0 aliphatic carbocycles. The summed E-state index contributed by atoms with van der Waals surface area (Å²) in [5.41, 5.74) is 0. The lowest BCUT2D eigenvalue weighted by molar-refractivity contribution is -0.161. The van der Waals surface area contributed by atoms with Crippen LogP contribution in [0.25, 0.3) is 0 Å². The number of rotatable bonds is 79. The van der Waals surface area contributed by atoms with Crippen LogP contribution in [-0.2, 0) is 55.8 Å². The second-order valence-electron chi connectivity index (χ2n) is 27.9. The van der Waals surface area contributed by atoms with Crippen LogP contribution in [0.15, 0.2) is 146 Å². The van der Waals surface area contributed by atoms with Crippen molar-refractivity contribution in [1.82, 2.24) is 0 Å². The Balaban J connectivity index is 4.64. The topological polar surface area (TPSA) is 231 Å². The fraction of sp³-hybridized carbons (Fsp3) is 0.697. The van der Waals surface area contributed by atoms with E-state index in [4.69, 9.17) is 32.3 Å². The average molecular weight is 1540 g/mol. The van der Waals surface area contributed by atoms with E-state index in [2.05, 4.69) is 167 Å². The van der Waals surface area contributed by atoms with Crippen molar-refractivity contribution < 1.29 is 75.8 Å². The molecule has 5 atom stereocenters. The highest BCUT2D eigenvalue weighted by molar-refractivity contribution is 7.47. The Morgan fingerprint density at radius 1 is 0.271 bits per heavy atom. The van der Waals surface area contributed by atoms with Gasteiger partial charge in [0.05, 0.1) is 26.4 Å². The average Bonchev–Trinajstić information content (AvgIpc) is 0.909. The first-order valence-electron chi connectivity index (χ1n) is 42.1. The molecule has 5 unspecified atom stereocenters. The minimum Gasteiger partial charge on any atom is -0.463 e.